The zero-order valence-corrected chi connectivity index (χ0v) is 51.0. The number of methoxy groups -OCH3 is 1. The average Bonchev–Trinajstić information content (AvgIpc) is 1.22. The first-order valence-electron chi connectivity index (χ1n) is 29.1. The average molecular weight is 1280 g/mol. The predicted molar refractivity (Wildman–Crippen MR) is 335 cm³/mol. The molecule has 3 N–H and O–H groups in total. The lowest BCUT2D eigenvalue weighted by atomic mass is 9.68. The molecule has 6 aromatic rings. The smallest absolute Gasteiger partial charge is 0.339 e. The highest BCUT2D eigenvalue weighted by molar-refractivity contribution is 7.99. The van der Waals surface area contributed by atoms with E-state index in [-0.39, 0.29) is 50.2 Å². The molecule has 0 aliphatic heterocycles. The van der Waals surface area contributed by atoms with E-state index >= 15 is 0 Å². The summed E-state index contributed by atoms with van der Waals surface area (Å²) in [6.07, 6.45) is 2.43. The van der Waals surface area contributed by atoms with Gasteiger partial charge < -0.3 is 58.0 Å². The van der Waals surface area contributed by atoms with E-state index < -0.39 is 131 Å². The summed E-state index contributed by atoms with van der Waals surface area (Å²) in [6, 6.07) is 37.9. The number of hydrogen-bond donors (Lipinski definition) is 3. The van der Waals surface area contributed by atoms with Crippen LogP contribution in [0.5, 0.6) is 11.5 Å². The van der Waals surface area contributed by atoms with Gasteiger partial charge in [-0.25, -0.2) is 28.8 Å². The van der Waals surface area contributed by atoms with E-state index in [1.54, 1.807) is 36.4 Å². The van der Waals surface area contributed by atoms with Gasteiger partial charge in [0.05, 0.1) is 52.5 Å². The van der Waals surface area contributed by atoms with E-state index in [9.17, 15) is 58.5 Å². The summed E-state index contributed by atoms with van der Waals surface area (Å²) in [7, 11) is 1.36. The number of aromatic carboxylic acids is 2. The minimum Gasteiger partial charge on any atom is -0.490 e. The molecule has 0 aromatic heterocycles. The second-order valence-corrected chi connectivity index (χ2v) is 22.4. The van der Waals surface area contributed by atoms with Gasteiger partial charge in [0.1, 0.15) is 44.5 Å². The van der Waals surface area contributed by atoms with Gasteiger partial charge in [0, 0.05) is 25.0 Å². The van der Waals surface area contributed by atoms with Gasteiger partial charge in [-0.1, -0.05) is 117 Å². The van der Waals surface area contributed by atoms with Crippen molar-refractivity contribution < 1.29 is 101 Å². The van der Waals surface area contributed by atoms with Crippen LogP contribution in [0.2, 0.25) is 0 Å². The number of carboxylic acid groups (broad SMARTS) is 3. The molecule has 0 saturated carbocycles. The summed E-state index contributed by atoms with van der Waals surface area (Å²) in [4.78, 5) is 115. The van der Waals surface area contributed by atoms with E-state index in [0.29, 0.717) is 17.3 Å². The lowest BCUT2D eigenvalue weighted by Crippen LogP contribution is -2.36. The molecule has 22 heteroatoms. The number of aliphatic carboxylic acids is 1. The zero-order valence-electron chi connectivity index (χ0n) is 50.2. The Bertz CT molecular complexity index is 3710. The summed E-state index contributed by atoms with van der Waals surface area (Å²) < 4.78 is 50.4. The molecule has 0 bridgehead atoms. The van der Waals surface area contributed by atoms with Gasteiger partial charge in [-0.3, -0.25) is 14.4 Å². The fourth-order valence-electron chi connectivity index (χ4n) is 10.8. The van der Waals surface area contributed by atoms with Gasteiger partial charge in [-0.2, -0.15) is 11.8 Å². The van der Waals surface area contributed by atoms with Crippen molar-refractivity contribution in [3.8, 4) is 33.8 Å². The number of benzene rings is 6. The van der Waals surface area contributed by atoms with Crippen LogP contribution in [0.15, 0.2) is 171 Å². The Kier molecular flexibility index (Phi) is 23.5. The van der Waals surface area contributed by atoms with Crippen LogP contribution in [0.3, 0.4) is 0 Å². The molecule has 0 heterocycles. The number of ether oxygens (including phenoxy) is 9. The molecule has 0 amide bonds. The first-order chi connectivity index (χ1) is 44.4. The van der Waals surface area contributed by atoms with E-state index in [4.69, 9.17) is 42.6 Å². The number of rotatable bonds is 32. The number of esters is 6. The highest BCUT2D eigenvalue weighted by Gasteiger charge is 2.46. The Labute approximate surface area is 533 Å². The number of carbonyl (C=O) groups excluding carboxylic acids is 6. The van der Waals surface area contributed by atoms with Crippen molar-refractivity contribution in [1.29, 1.82) is 0 Å². The highest BCUT2D eigenvalue weighted by atomic mass is 32.2. The number of carboxylic acids is 3. The molecule has 0 saturated heterocycles. The van der Waals surface area contributed by atoms with E-state index in [0.717, 1.165) is 63.4 Å². The van der Waals surface area contributed by atoms with E-state index in [1.807, 2.05) is 67.6 Å². The van der Waals surface area contributed by atoms with Crippen LogP contribution in [0.4, 0.5) is 0 Å². The van der Waals surface area contributed by atoms with Crippen molar-refractivity contribution >= 4 is 65.5 Å². The Hall–Kier alpha value is -10.3. The number of fused-ring (bicyclic) bond motifs is 3. The minimum absolute atomic E-state index is 0.106. The Balaban J connectivity index is 0.984. The maximum Gasteiger partial charge on any atom is 0.339 e. The zero-order chi connectivity index (χ0) is 65.9. The molecule has 21 nitrogen and oxygen atoms in total. The molecule has 92 heavy (non-hydrogen) atoms. The summed E-state index contributed by atoms with van der Waals surface area (Å²) in [5.74, 6) is -9.09. The molecule has 2 aliphatic carbocycles. The van der Waals surface area contributed by atoms with Gasteiger partial charge in [-0.15, -0.1) is 0 Å². The van der Waals surface area contributed by atoms with Crippen LogP contribution in [-0.2, 0) is 62.5 Å². The molecule has 5 unspecified atom stereocenters. The van der Waals surface area contributed by atoms with Crippen molar-refractivity contribution in [2.45, 2.75) is 49.9 Å². The number of allylic oxidation sites excluding steroid dienone is 2. The molecule has 8 rings (SSSR count). The fraction of sp³-hybridized carbons (Fsp3) is 0.271. The molecule has 6 aromatic carbocycles. The number of hydrogen-bond acceptors (Lipinski definition) is 19. The third-order valence-corrected chi connectivity index (χ3v) is 16.0. The summed E-state index contributed by atoms with van der Waals surface area (Å²) in [6.45, 7) is 6.66. The van der Waals surface area contributed by atoms with Crippen molar-refractivity contribution in [2.75, 3.05) is 58.3 Å². The predicted octanol–water partition coefficient (Wildman–Crippen LogP) is 9.99. The van der Waals surface area contributed by atoms with Gasteiger partial charge in [0.2, 0.25) is 0 Å². The molecule has 0 fully saturated rings. The molecular weight excluding hydrogens is 1210 g/mol. The molecule has 0 radical (unpaired) electrons. The summed E-state index contributed by atoms with van der Waals surface area (Å²) in [5, 5.41) is 29.9. The van der Waals surface area contributed by atoms with Gasteiger partial charge in [0.15, 0.2) is 18.3 Å². The molecule has 478 valence electrons. The van der Waals surface area contributed by atoms with Crippen molar-refractivity contribution in [2.24, 2.45) is 11.8 Å². The Morgan fingerprint density at radius 1 is 0.543 bits per heavy atom. The van der Waals surface area contributed by atoms with Crippen molar-refractivity contribution in [1.82, 2.24) is 0 Å². The van der Waals surface area contributed by atoms with Gasteiger partial charge in [0.25, 0.3) is 0 Å². The monoisotopic (exact) mass is 1270 g/mol. The SMILES string of the molecule is C=CC(=O)OC(COC(=O)c1cc(-c2ccc(C(=O)O)c(C(=O)OCC(COC)OC(=O)CCSCC)c2)ccc1C(=O)O)COc1ccc(C2(c3ccc(OCC(COC(=O)C4CC=CCC4C(=O)O)OC(=O)C=C)cc3)c3ccccc3-c3ccccc32)cc1. The highest BCUT2D eigenvalue weighted by Crippen LogP contribution is 2.56. The van der Waals surface area contributed by atoms with E-state index in [2.05, 4.69) is 25.3 Å². The second-order valence-electron chi connectivity index (χ2n) is 21.0. The summed E-state index contributed by atoms with van der Waals surface area (Å²) >= 11 is 1.54. The standard InChI is InChI=1S/C70H66O21S/c1-5-61(71)89-49(40-86-67(80)56-17-9-8-16-53(56)64(74)75)37-84-46-26-22-44(23-27-46)70(59-18-12-10-14-51(59)52-15-11-13-19-60(52)70)45-24-28-47(29-25-45)85-38-50(90-62(72)6-2)41-88-69(82)58-35-43(21-31-55(58)66(78)79)42-20-30-54(65(76)77)57(34-42)68(81)87-39-48(36-83-4)91-63(73)32-33-92-7-3/h5-6,8-15,18-31,34-35,48-50,53,56H,1-2,7,16-17,32-33,36-41H2,3-4H3,(H,74,75)(H,76,77)(H,78,79). The van der Waals surface area contributed by atoms with Gasteiger partial charge in [-0.05, 0) is 112 Å². The van der Waals surface area contributed by atoms with Gasteiger partial charge >= 0.3 is 53.7 Å². The molecular formula is C70H66O21S. The number of thioether (sulfide) groups is 1. The van der Waals surface area contributed by atoms with Crippen LogP contribution in [-0.4, -0.2) is 146 Å². The van der Waals surface area contributed by atoms with Crippen LogP contribution in [0, 0.1) is 11.8 Å². The van der Waals surface area contributed by atoms with Crippen LogP contribution in [0.1, 0.15) is 89.9 Å². The van der Waals surface area contributed by atoms with Crippen molar-refractivity contribution in [3.05, 3.63) is 215 Å². The second kappa shape index (κ2) is 31.9. The summed E-state index contributed by atoms with van der Waals surface area (Å²) in [5.41, 5.74) is 3.28. The van der Waals surface area contributed by atoms with Crippen molar-refractivity contribution in [3.63, 3.8) is 0 Å². The first-order valence-corrected chi connectivity index (χ1v) is 30.3. The van der Waals surface area contributed by atoms with Crippen LogP contribution in [0.25, 0.3) is 22.3 Å². The topological polar surface area (TPSA) is 297 Å². The quantitative estimate of drug-likeness (QED) is 0.0116. The lowest BCUT2D eigenvalue weighted by molar-refractivity contribution is -0.164. The fourth-order valence-corrected chi connectivity index (χ4v) is 11.4. The Morgan fingerprint density at radius 2 is 0.989 bits per heavy atom. The third kappa shape index (κ3) is 16.4. The Morgan fingerprint density at radius 3 is 1.42 bits per heavy atom. The molecule has 5 atom stereocenters. The lowest BCUT2D eigenvalue weighted by Gasteiger charge is -2.34. The largest absolute Gasteiger partial charge is 0.490 e. The maximum absolute atomic E-state index is 13.9. The van der Waals surface area contributed by atoms with E-state index in [1.165, 1.54) is 43.1 Å². The molecule has 0 spiro atoms. The first kappa shape index (κ1) is 67.6. The maximum atomic E-state index is 13.9. The number of carbonyl (C=O) groups is 9. The van der Waals surface area contributed by atoms with Crippen LogP contribution >= 0.6 is 11.8 Å². The normalized spacial score (nSPS) is 15.1. The van der Waals surface area contributed by atoms with Crippen LogP contribution < -0.4 is 9.47 Å². The molecule has 2 aliphatic rings. The minimum atomic E-state index is -1.50. The third-order valence-electron chi connectivity index (χ3n) is 15.1.